The first-order valence-electron chi connectivity index (χ1n) is 8.97. The standard InChI is InChI=1S/C17H31N3O/c1-2-18-17(19-11-14-7-9-21-10-8-14)20-12-15-5-3-4-6-16(15)13-20/h14-16H,2-13H2,1H3,(H,18,19). The molecule has 2 saturated heterocycles. The lowest BCUT2D eigenvalue weighted by Gasteiger charge is -2.24. The molecule has 120 valence electrons. The van der Waals surface area contributed by atoms with Gasteiger partial charge in [-0.05, 0) is 50.4 Å². The van der Waals surface area contributed by atoms with Crippen LogP contribution in [-0.2, 0) is 4.74 Å². The molecule has 0 spiro atoms. The third kappa shape index (κ3) is 3.91. The highest BCUT2D eigenvalue weighted by atomic mass is 16.5. The van der Waals surface area contributed by atoms with Gasteiger partial charge >= 0.3 is 0 Å². The van der Waals surface area contributed by atoms with Gasteiger partial charge in [0.25, 0.3) is 0 Å². The Labute approximate surface area is 129 Å². The van der Waals surface area contributed by atoms with Crippen molar-refractivity contribution in [2.75, 3.05) is 39.4 Å². The minimum Gasteiger partial charge on any atom is -0.381 e. The van der Waals surface area contributed by atoms with Crippen molar-refractivity contribution < 1.29 is 4.74 Å². The molecule has 0 aromatic carbocycles. The fourth-order valence-corrected chi connectivity index (χ4v) is 4.15. The van der Waals surface area contributed by atoms with Crippen molar-refractivity contribution in [2.24, 2.45) is 22.7 Å². The Hall–Kier alpha value is -0.770. The Morgan fingerprint density at radius 1 is 1.10 bits per heavy atom. The molecule has 1 saturated carbocycles. The van der Waals surface area contributed by atoms with Crippen molar-refractivity contribution in [3.63, 3.8) is 0 Å². The summed E-state index contributed by atoms with van der Waals surface area (Å²) in [7, 11) is 0. The average Bonchev–Trinajstić information content (AvgIpc) is 2.96. The maximum absolute atomic E-state index is 5.44. The van der Waals surface area contributed by atoms with Crippen LogP contribution in [0, 0.1) is 17.8 Å². The molecular formula is C17H31N3O. The minimum absolute atomic E-state index is 0.720. The van der Waals surface area contributed by atoms with E-state index in [2.05, 4.69) is 17.1 Å². The first kappa shape index (κ1) is 15.1. The van der Waals surface area contributed by atoms with Gasteiger partial charge in [0, 0.05) is 39.4 Å². The van der Waals surface area contributed by atoms with Gasteiger partial charge in [-0.1, -0.05) is 12.8 Å². The van der Waals surface area contributed by atoms with E-state index in [-0.39, 0.29) is 0 Å². The van der Waals surface area contributed by atoms with E-state index >= 15 is 0 Å². The number of ether oxygens (including phenoxy) is 1. The van der Waals surface area contributed by atoms with Crippen molar-refractivity contribution in [3.8, 4) is 0 Å². The highest BCUT2D eigenvalue weighted by Crippen LogP contribution is 2.36. The average molecular weight is 293 g/mol. The molecule has 21 heavy (non-hydrogen) atoms. The number of likely N-dealkylation sites (tertiary alicyclic amines) is 1. The normalized spacial score (nSPS) is 31.3. The van der Waals surface area contributed by atoms with Crippen LogP contribution in [0.3, 0.4) is 0 Å². The van der Waals surface area contributed by atoms with Gasteiger partial charge in [0.15, 0.2) is 5.96 Å². The lowest BCUT2D eigenvalue weighted by molar-refractivity contribution is 0.0688. The van der Waals surface area contributed by atoms with Crippen molar-refractivity contribution >= 4 is 5.96 Å². The number of nitrogens with one attached hydrogen (secondary N) is 1. The van der Waals surface area contributed by atoms with Crippen LogP contribution in [-0.4, -0.2) is 50.3 Å². The molecule has 0 aromatic rings. The van der Waals surface area contributed by atoms with Gasteiger partial charge in [0.05, 0.1) is 0 Å². The summed E-state index contributed by atoms with van der Waals surface area (Å²) < 4.78 is 5.44. The fraction of sp³-hybridized carbons (Fsp3) is 0.941. The molecule has 1 aliphatic carbocycles. The van der Waals surface area contributed by atoms with Gasteiger partial charge in [-0.25, -0.2) is 0 Å². The number of aliphatic imine (C=N–C) groups is 1. The molecule has 4 heteroatoms. The number of guanidine groups is 1. The summed E-state index contributed by atoms with van der Waals surface area (Å²) in [6.07, 6.45) is 8.08. The minimum atomic E-state index is 0.720. The van der Waals surface area contributed by atoms with Crippen LogP contribution in [0.2, 0.25) is 0 Å². The van der Waals surface area contributed by atoms with Crippen molar-refractivity contribution in [3.05, 3.63) is 0 Å². The smallest absolute Gasteiger partial charge is 0.193 e. The SMILES string of the molecule is CCNC(=NCC1CCOCC1)N1CC2CCCCC2C1. The molecule has 2 unspecified atom stereocenters. The van der Waals surface area contributed by atoms with E-state index in [4.69, 9.17) is 9.73 Å². The summed E-state index contributed by atoms with van der Waals surface area (Å²) in [5.74, 6) is 3.73. The second kappa shape index (κ2) is 7.48. The van der Waals surface area contributed by atoms with Crippen molar-refractivity contribution in [1.82, 2.24) is 10.2 Å². The van der Waals surface area contributed by atoms with Crippen LogP contribution in [0.1, 0.15) is 45.4 Å². The van der Waals surface area contributed by atoms with E-state index in [9.17, 15) is 0 Å². The fourth-order valence-electron chi connectivity index (χ4n) is 4.15. The van der Waals surface area contributed by atoms with E-state index in [1.54, 1.807) is 0 Å². The Morgan fingerprint density at radius 2 is 1.76 bits per heavy atom. The summed E-state index contributed by atoms with van der Waals surface area (Å²) in [6, 6.07) is 0. The maximum Gasteiger partial charge on any atom is 0.193 e. The van der Waals surface area contributed by atoms with Gasteiger partial charge in [0.2, 0.25) is 0 Å². The predicted molar refractivity (Wildman–Crippen MR) is 86.5 cm³/mol. The molecule has 3 rings (SSSR count). The third-order valence-corrected chi connectivity index (χ3v) is 5.45. The molecule has 3 aliphatic rings. The van der Waals surface area contributed by atoms with Crippen LogP contribution >= 0.6 is 0 Å². The van der Waals surface area contributed by atoms with E-state index < -0.39 is 0 Å². The number of rotatable bonds is 3. The van der Waals surface area contributed by atoms with Crippen LogP contribution in [0.15, 0.2) is 4.99 Å². The molecule has 4 nitrogen and oxygen atoms in total. The highest BCUT2D eigenvalue weighted by molar-refractivity contribution is 5.80. The number of nitrogens with zero attached hydrogens (tertiary/aromatic N) is 2. The largest absolute Gasteiger partial charge is 0.381 e. The summed E-state index contributed by atoms with van der Waals surface area (Å²) in [5, 5.41) is 3.52. The summed E-state index contributed by atoms with van der Waals surface area (Å²) in [5.41, 5.74) is 0. The Balaban J connectivity index is 1.58. The molecule has 0 radical (unpaired) electrons. The zero-order valence-electron chi connectivity index (χ0n) is 13.5. The van der Waals surface area contributed by atoms with E-state index in [1.165, 1.54) is 57.6 Å². The quantitative estimate of drug-likeness (QED) is 0.641. The second-order valence-corrected chi connectivity index (χ2v) is 6.96. The number of hydrogen-bond donors (Lipinski definition) is 1. The summed E-state index contributed by atoms with van der Waals surface area (Å²) >= 11 is 0. The van der Waals surface area contributed by atoms with Crippen LogP contribution in [0.4, 0.5) is 0 Å². The van der Waals surface area contributed by atoms with Gasteiger partial charge in [0.1, 0.15) is 0 Å². The highest BCUT2D eigenvalue weighted by Gasteiger charge is 2.35. The molecule has 0 amide bonds. The van der Waals surface area contributed by atoms with Crippen molar-refractivity contribution in [2.45, 2.75) is 45.4 Å². The van der Waals surface area contributed by atoms with Crippen LogP contribution in [0.5, 0.6) is 0 Å². The van der Waals surface area contributed by atoms with Gasteiger partial charge in [-0.15, -0.1) is 0 Å². The first-order chi connectivity index (χ1) is 10.4. The zero-order chi connectivity index (χ0) is 14.5. The molecule has 0 aromatic heterocycles. The van der Waals surface area contributed by atoms with Crippen LogP contribution in [0.25, 0.3) is 0 Å². The lowest BCUT2D eigenvalue weighted by Crippen LogP contribution is -2.40. The second-order valence-electron chi connectivity index (χ2n) is 6.96. The Kier molecular flexibility index (Phi) is 5.39. The molecule has 2 aliphatic heterocycles. The van der Waals surface area contributed by atoms with Gasteiger partial charge < -0.3 is 15.0 Å². The monoisotopic (exact) mass is 293 g/mol. The van der Waals surface area contributed by atoms with E-state index in [1.807, 2.05) is 0 Å². The summed E-state index contributed by atoms with van der Waals surface area (Å²) in [4.78, 5) is 7.48. The Morgan fingerprint density at radius 3 is 2.38 bits per heavy atom. The molecule has 0 bridgehead atoms. The van der Waals surface area contributed by atoms with Crippen molar-refractivity contribution in [1.29, 1.82) is 0 Å². The summed E-state index contributed by atoms with van der Waals surface area (Å²) in [6.45, 7) is 8.41. The predicted octanol–water partition coefficient (Wildman–Crippen LogP) is 2.50. The van der Waals surface area contributed by atoms with Gasteiger partial charge in [-0.3, -0.25) is 4.99 Å². The maximum atomic E-state index is 5.44. The zero-order valence-corrected chi connectivity index (χ0v) is 13.5. The Bertz CT molecular complexity index is 338. The molecular weight excluding hydrogens is 262 g/mol. The topological polar surface area (TPSA) is 36.9 Å². The first-order valence-corrected chi connectivity index (χ1v) is 8.97. The molecule has 3 fully saturated rings. The van der Waals surface area contributed by atoms with Crippen LogP contribution < -0.4 is 5.32 Å². The molecule has 2 heterocycles. The molecule has 1 N–H and O–H groups in total. The third-order valence-electron chi connectivity index (χ3n) is 5.45. The van der Waals surface area contributed by atoms with E-state index in [0.717, 1.165) is 44.1 Å². The van der Waals surface area contributed by atoms with Gasteiger partial charge in [-0.2, -0.15) is 0 Å². The number of fused-ring (bicyclic) bond motifs is 1. The number of hydrogen-bond acceptors (Lipinski definition) is 2. The lowest BCUT2D eigenvalue weighted by atomic mass is 9.82. The van der Waals surface area contributed by atoms with E-state index in [0.29, 0.717) is 0 Å². The molecule has 2 atom stereocenters.